The van der Waals surface area contributed by atoms with E-state index < -0.39 is 8.07 Å². The van der Waals surface area contributed by atoms with Crippen LogP contribution in [0, 0.1) is 0 Å². The first-order valence-corrected chi connectivity index (χ1v) is 20.4. The summed E-state index contributed by atoms with van der Waals surface area (Å²) in [6, 6.07) is 44.2. The van der Waals surface area contributed by atoms with Crippen molar-refractivity contribution in [2.75, 3.05) is 0 Å². The average Bonchev–Trinajstić information content (AvgIpc) is 3.59. The fraction of sp³-hybridized carbons (Fsp3) is 0.227. The molecule has 0 amide bonds. The molecule has 0 aliphatic heterocycles. The zero-order chi connectivity index (χ0) is 34.3. The van der Waals surface area contributed by atoms with Gasteiger partial charge in [-0.1, -0.05) is 103 Å². The van der Waals surface area contributed by atoms with Crippen molar-refractivity contribution in [1.82, 2.24) is 19.1 Å². The summed E-state index contributed by atoms with van der Waals surface area (Å²) in [4.78, 5) is 11.1. The molecule has 244 valence electrons. The number of rotatable bonds is 4. The average molecular weight is 657 g/mol. The predicted octanol–water partition coefficient (Wildman–Crippen LogP) is 10.1. The van der Waals surface area contributed by atoms with Gasteiger partial charge in [0.2, 0.25) is 0 Å². The molecule has 0 aliphatic carbocycles. The number of benzene rings is 4. The van der Waals surface area contributed by atoms with Crippen LogP contribution in [-0.4, -0.2) is 27.2 Å². The second-order valence-corrected chi connectivity index (χ2v) is 20.3. The summed E-state index contributed by atoms with van der Waals surface area (Å²) in [5.41, 5.74) is 11.7. The highest BCUT2D eigenvalue weighted by Crippen LogP contribution is 2.36. The smallest absolute Gasteiger partial charge is 0.158 e. The second kappa shape index (κ2) is 11.0. The largest absolute Gasteiger partial charge is 0.308 e. The number of nitrogens with zero attached hydrogens (tertiary/aromatic N) is 4. The van der Waals surface area contributed by atoms with Crippen molar-refractivity contribution >= 4 is 62.6 Å². The monoisotopic (exact) mass is 656 g/mol. The maximum absolute atomic E-state index is 5.56. The lowest BCUT2D eigenvalue weighted by Crippen LogP contribution is -2.55. The first-order valence-electron chi connectivity index (χ1n) is 17.4. The molecule has 49 heavy (non-hydrogen) atoms. The summed E-state index contributed by atoms with van der Waals surface area (Å²) in [7, 11) is -2.35. The van der Waals surface area contributed by atoms with Gasteiger partial charge in [-0.15, -0.1) is 0 Å². The van der Waals surface area contributed by atoms with Crippen molar-refractivity contribution in [3.05, 3.63) is 132 Å². The molecule has 8 rings (SSSR count). The van der Waals surface area contributed by atoms with Crippen molar-refractivity contribution in [2.24, 2.45) is 0 Å². The van der Waals surface area contributed by atoms with Crippen molar-refractivity contribution in [3.8, 4) is 11.4 Å². The topological polar surface area (TPSA) is 35.6 Å². The van der Waals surface area contributed by atoms with Crippen LogP contribution in [0.4, 0.5) is 0 Å². The molecule has 4 aromatic heterocycles. The number of pyridine rings is 2. The first-order chi connectivity index (χ1) is 23.3. The Balaban J connectivity index is 1.35. The molecular formula is C44H44N4Si. The third-order valence-corrected chi connectivity index (χ3v) is 13.4. The van der Waals surface area contributed by atoms with Gasteiger partial charge in [-0.05, 0) is 94.8 Å². The minimum absolute atomic E-state index is 0.0338. The third-order valence-electron chi connectivity index (χ3n) is 10.3. The van der Waals surface area contributed by atoms with Crippen LogP contribution >= 0.6 is 0 Å². The van der Waals surface area contributed by atoms with E-state index in [-0.39, 0.29) is 10.8 Å². The Kier molecular flexibility index (Phi) is 7.03. The maximum Gasteiger partial charge on any atom is 0.158 e. The maximum atomic E-state index is 5.56. The number of aromatic nitrogens is 4. The Labute approximate surface area is 290 Å². The van der Waals surface area contributed by atoms with E-state index in [1.54, 1.807) is 0 Å². The quantitative estimate of drug-likeness (QED) is 0.177. The minimum atomic E-state index is -2.35. The number of fused-ring (bicyclic) bond motifs is 6. The zero-order valence-corrected chi connectivity index (χ0v) is 30.8. The van der Waals surface area contributed by atoms with E-state index >= 15 is 0 Å². The van der Waals surface area contributed by atoms with Gasteiger partial charge < -0.3 is 9.13 Å². The summed E-state index contributed by atoms with van der Waals surface area (Å²) in [5, 5.41) is 4.67. The van der Waals surface area contributed by atoms with E-state index in [0.29, 0.717) is 0 Å². The SMILES string of the molecule is CC(C)(C)c1ccc2c(c1)c1nc([Si](C)(C)c3ccc4c(n3)c3cc(C(C)(C)C)ccc3n4-c3ccccc3)ccc1n2-c1ccccc1. The fourth-order valence-electron chi connectivity index (χ4n) is 7.23. The summed E-state index contributed by atoms with van der Waals surface area (Å²) in [6.07, 6.45) is 0. The fourth-order valence-corrected chi connectivity index (χ4v) is 9.28. The molecule has 0 fully saturated rings. The summed E-state index contributed by atoms with van der Waals surface area (Å²) in [6.45, 7) is 18.5. The first kappa shape index (κ1) is 31.3. The Bertz CT molecular complexity index is 2350. The number of para-hydroxylation sites is 2. The van der Waals surface area contributed by atoms with Crippen LogP contribution in [-0.2, 0) is 10.8 Å². The van der Waals surface area contributed by atoms with Crippen LogP contribution in [0.3, 0.4) is 0 Å². The van der Waals surface area contributed by atoms with Gasteiger partial charge >= 0.3 is 0 Å². The molecule has 8 aromatic rings. The van der Waals surface area contributed by atoms with E-state index in [0.717, 1.165) is 44.1 Å². The molecule has 4 heterocycles. The third kappa shape index (κ3) is 5.10. The lowest BCUT2D eigenvalue weighted by Gasteiger charge is -2.22. The van der Waals surface area contributed by atoms with Crippen molar-refractivity contribution in [1.29, 1.82) is 0 Å². The Morgan fingerprint density at radius 1 is 0.449 bits per heavy atom. The van der Waals surface area contributed by atoms with E-state index in [4.69, 9.17) is 9.97 Å². The Morgan fingerprint density at radius 3 is 1.18 bits per heavy atom. The highest BCUT2D eigenvalue weighted by Gasteiger charge is 2.32. The number of hydrogen-bond acceptors (Lipinski definition) is 2. The van der Waals surface area contributed by atoms with Crippen LogP contribution in [0.5, 0.6) is 0 Å². The Hall–Kier alpha value is -5.00. The zero-order valence-electron chi connectivity index (χ0n) is 29.8. The van der Waals surface area contributed by atoms with E-state index in [1.807, 2.05) is 0 Å². The molecule has 0 atom stereocenters. The summed E-state index contributed by atoms with van der Waals surface area (Å²) in [5.74, 6) is 0. The molecule has 4 nitrogen and oxygen atoms in total. The lowest BCUT2D eigenvalue weighted by atomic mass is 9.86. The molecule has 0 aliphatic rings. The van der Waals surface area contributed by atoms with E-state index in [9.17, 15) is 0 Å². The van der Waals surface area contributed by atoms with Gasteiger partial charge in [0, 0.05) is 32.8 Å². The van der Waals surface area contributed by atoms with Gasteiger partial charge in [-0.3, -0.25) is 9.97 Å². The molecule has 4 aromatic carbocycles. The molecule has 0 N–H and O–H groups in total. The van der Waals surface area contributed by atoms with Crippen molar-refractivity contribution in [2.45, 2.75) is 65.5 Å². The molecule has 0 unspecified atom stereocenters. The van der Waals surface area contributed by atoms with Crippen LogP contribution in [0.25, 0.3) is 55.2 Å². The molecule has 5 heteroatoms. The van der Waals surface area contributed by atoms with Crippen molar-refractivity contribution in [3.63, 3.8) is 0 Å². The number of hydrogen-bond donors (Lipinski definition) is 0. The van der Waals surface area contributed by atoms with Gasteiger partial charge in [-0.2, -0.15) is 0 Å². The summed E-state index contributed by atoms with van der Waals surface area (Å²) < 4.78 is 4.72. The van der Waals surface area contributed by atoms with Gasteiger partial charge in [0.25, 0.3) is 0 Å². The van der Waals surface area contributed by atoms with Gasteiger partial charge in [0.1, 0.15) is 0 Å². The Morgan fingerprint density at radius 2 is 0.816 bits per heavy atom. The molecule has 0 spiro atoms. The standard InChI is InChI=1S/C44H44N4Si/c1-43(2,3)29-19-21-35-33(27-29)41-37(47(35)31-15-11-9-12-16-31)23-25-39(45-41)49(7,8)40-26-24-38-42(46-40)34-28-30(44(4,5)6)20-22-36(34)48(38)32-17-13-10-14-18-32/h9-28H,1-8H3. The van der Waals surface area contributed by atoms with Gasteiger partial charge in [0.05, 0.1) is 33.1 Å². The van der Waals surface area contributed by atoms with E-state index in [2.05, 4.69) is 185 Å². The molecular weight excluding hydrogens is 613 g/mol. The van der Waals surface area contributed by atoms with Crippen LogP contribution < -0.4 is 10.6 Å². The highest BCUT2D eigenvalue weighted by molar-refractivity contribution is 6.99. The minimum Gasteiger partial charge on any atom is -0.308 e. The molecule has 0 radical (unpaired) electrons. The van der Waals surface area contributed by atoms with Crippen LogP contribution in [0.2, 0.25) is 13.1 Å². The highest BCUT2D eigenvalue weighted by atomic mass is 28.3. The molecule has 0 saturated carbocycles. The van der Waals surface area contributed by atoms with Crippen LogP contribution in [0.1, 0.15) is 52.7 Å². The second-order valence-electron chi connectivity index (χ2n) is 16.1. The molecule has 0 saturated heterocycles. The van der Waals surface area contributed by atoms with Crippen LogP contribution in [0.15, 0.2) is 121 Å². The predicted molar refractivity (Wildman–Crippen MR) is 211 cm³/mol. The summed E-state index contributed by atoms with van der Waals surface area (Å²) >= 11 is 0. The van der Waals surface area contributed by atoms with Gasteiger partial charge in [-0.25, -0.2) is 0 Å². The van der Waals surface area contributed by atoms with Crippen molar-refractivity contribution < 1.29 is 0 Å². The van der Waals surface area contributed by atoms with Gasteiger partial charge in [0.15, 0.2) is 8.07 Å². The normalized spacial score (nSPS) is 12.9. The molecule has 0 bridgehead atoms. The lowest BCUT2D eigenvalue weighted by molar-refractivity contribution is 0.591. The van der Waals surface area contributed by atoms with E-state index in [1.165, 1.54) is 32.9 Å².